The van der Waals surface area contributed by atoms with Crippen molar-refractivity contribution in [3.05, 3.63) is 76.8 Å². The van der Waals surface area contributed by atoms with Crippen molar-refractivity contribution in [1.82, 2.24) is 9.80 Å². The minimum absolute atomic E-state index is 0.0404. The third-order valence-corrected chi connectivity index (χ3v) is 6.49. The van der Waals surface area contributed by atoms with E-state index in [1.54, 1.807) is 19.2 Å². The summed E-state index contributed by atoms with van der Waals surface area (Å²) >= 11 is 6.06. The molecule has 0 aromatic heterocycles. The van der Waals surface area contributed by atoms with Crippen molar-refractivity contribution in [2.75, 3.05) is 32.1 Å². The van der Waals surface area contributed by atoms with E-state index in [1.807, 2.05) is 67.3 Å². The first-order chi connectivity index (χ1) is 16.9. The van der Waals surface area contributed by atoms with Gasteiger partial charge in [-0.2, -0.15) is 0 Å². The predicted octanol–water partition coefficient (Wildman–Crippen LogP) is 6.08. The fourth-order valence-corrected chi connectivity index (χ4v) is 4.63. The van der Waals surface area contributed by atoms with E-state index in [0.29, 0.717) is 30.3 Å². The lowest BCUT2D eigenvalue weighted by Crippen LogP contribution is -2.56. The molecule has 0 radical (unpaired) electrons. The summed E-state index contributed by atoms with van der Waals surface area (Å²) in [7, 11) is 1.65. The summed E-state index contributed by atoms with van der Waals surface area (Å²) in [6.07, 6.45) is 0. The first-order valence-electron chi connectivity index (χ1n) is 11.5. The standard InChI is InChI=1S/C27H27ClN4O3/c1-17-7-9-23-25(13-17)35-24-10-8-21(34-3)15-22(24)26(30-23)31-11-12-32(18(2)16-31)27(33)29-20-6-4-5-19(28)14-20/h4-10,13-15,18H,11-12,16H2,1-3H3,(H,29,33). The largest absolute Gasteiger partial charge is 0.497 e. The maximum absolute atomic E-state index is 13.0. The quantitative estimate of drug-likeness (QED) is 0.472. The summed E-state index contributed by atoms with van der Waals surface area (Å²) in [6, 6.07) is 18.7. The highest BCUT2D eigenvalue weighted by molar-refractivity contribution is 6.30. The molecule has 0 aliphatic carbocycles. The van der Waals surface area contributed by atoms with Gasteiger partial charge in [0.1, 0.15) is 23.0 Å². The molecule has 0 spiro atoms. The maximum atomic E-state index is 13.0. The molecule has 0 saturated carbocycles. The molecule has 8 heteroatoms. The van der Waals surface area contributed by atoms with Crippen LogP contribution in [0.15, 0.2) is 65.7 Å². The second-order valence-corrected chi connectivity index (χ2v) is 9.24. The normalized spacial score (nSPS) is 16.9. The molecule has 1 atom stereocenters. The van der Waals surface area contributed by atoms with Crippen LogP contribution >= 0.6 is 11.6 Å². The summed E-state index contributed by atoms with van der Waals surface area (Å²) < 4.78 is 11.8. The van der Waals surface area contributed by atoms with E-state index in [1.165, 1.54) is 0 Å². The number of fused-ring (bicyclic) bond motifs is 2. The third kappa shape index (κ3) is 4.77. The summed E-state index contributed by atoms with van der Waals surface area (Å²) in [6.45, 7) is 5.88. The Bertz CT molecular complexity index is 1310. The molecule has 3 aromatic carbocycles. The monoisotopic (exact) mass is 490 g/mol. The van der Waals surface area contributed by atoms with Crippen molar-refractivity contribution in [2.45, 2.75) is 19.9 Å². The number of amidine groups is 1. The summed E-state index contributed by atoms with van der Waals surface area (Å²) in [5.41, 5.74) is 3.41. The zero-order chi connectivity index (χ0) is 24.5. The van der Waals surface area contributed by atoms with Gasteiger partial charge in [-0.1, -0.05) is 23.7 Å². The van der Waals surface area contributed by atoms with Crippen LogP contribution in [0.1, 0.15) is 18.1 Å². The van der Waals surface area contributed by atoms with Gasteiger partial charge in [-0.05, 0) is 67.9 Å². The van der Waals surface area contributed by atoms with Crippen molar-refractivity contribution < 1.29 is 14.3 Å². The number of rotatable bonds is 2. The van der Waals surface area contributed by atoms with Crippen molar-refractivity contribution in [1.29, 1.82) is 0 Å². The number of carbonyl (C=O) groups is 1. The fourth-order valence-electron chi connectivity index (χ4n) is 4.44. The average Bonchev–Trinajstić information content (AvgIpc) is 2.99. The van der Waals surface area contributed by atoms with Gasteiger partial charge in [0.05, 0.1) is 12.7 Å². The Morgan fingerprint density at radius 2 is 1.97 bits per heavy atom. The number of aliphatic imine (C=N–C) groups is 1. The van der Waals surface area contributed by atoms with Crippen molar-refractivity contribution >= 4 is 34.8 Å². The Morgan fingerprint density at radius 3 is 2.74 bits per heavy atom. The van der Waals surface area contributed by atoms with Crippen LogP contribution < -0.4 is 14.8 Å². The van der Waals surface area contributed by atoms with E-state index < -0.39 is 0 Å². The zero-order valence-corrected chi connectivity index (χ0v) is 20.7. The number of piperazine rings is 1. The molecule has 2 amide bonds. The highest BCUT2D eigenvalue weighted by atomic mass is 35.5. The van der Waals surface area contributed by atoms with Crippen molar-refractivity contribution in [3.63, 3.8) is 0 Å². The molecular formula is C27H27ClN4O3. The van der Waals surface area contributed by atoms with Crippen LogP contribution in [0.25, 0.3) is 0 Å². The fraction of sp³-hybridized carbons (Fsp3) is 0.259. The molecule has 3 aromatic rings. The number of hydrogen-bond acceptors (Lipinski definition) is 5. The van der Waals surface area contributed by atoms with Gasteiger partial charge in [0, 0.05) is 36.4 Å². The number of methoxy groups -OCH3 is 1. The van der Waals surface area contributed by atoms with Gasteiger partial charge in [-0.3, -0.25) is 0 Å². The van der Waals surface area contributed by atoms with Crippen LogP contribution in [0.2, 0.25) is 5.02 Å². The summed E-state index contributed by atoms with van der Waals surface area (Å²) in [4.78, 5) is 22.1. The predicted molar refractivity (Wildman–Crippen MR) is 139 cm³/mol. The van der Waals surface area contributed by atoms with Gasteiger partial charge < -0.3 is 24.6 Å². The summed E-state index contributed by atoms with van der Waals surface area (Å²) in [5, 5.41) is 3.54. The lowest BCUT2D eigenvalue weighted by molar-refractivity contribution is 0.145. The van der Waals surface area contributed by atoms with E-state index in [4.69, 9.17) is 26.1 Å². The molecule has 2 heterocycles. The van der Waals surface area contributed by atoms with Crippen molar-refractivity contribution in [2.24, 2.45) is 4.99 Å². The van der Waals surface area contributed by atoms with Crippen LogP contribution in [0.4, 0.5) is 16.2 Å². The molecule has 35 heavy (non-hydrogen) atoms. The van der Waals surface area contributed by atoms with Gasteiger partial charge in [-0.25, -0.2) is 9.79 Å². The molecule has 1 saturated heterocycles. The number of aryl methyl sites for hydroxylation is 1. The molecule has 5 rings (SSSR count). The number of anilines is 1. The van der Waals surface area contributed by atoms with Crippen LogP contribution in [0.3, 0.4) is 0 Å². The van der Waals surface area contributed by atoms with Crippen LogP contribution in [-0.2, 0) is 0 Å². The number of amides is 2. The number of benzene rings is 3. The first-order valence-corrected chi connectivity index (χ1v) is 11.9. The Morgan fingerprint density at radius 1 is 1.11 bits per heavy atom. The second kappa shape index (κ2) is 9.50. The molecule has 1 N–H and O–H groups in total. The second-order valence-electron chi connectivity index (χ2n) is 8.80. The molecule has 7 nitrogen and oxygen atoms in total. The Balaban J connectivity index is 1.42. The molecule has 2 aliphatic rings. The van der Waals surface area contributed by atoms with Crippen LogP contribution in [0.5, 0.6) is 17.2 Å². The Labute approximate surface area is 209 Å². The molecule has 1 unspecified atom stereocenters. The maximum Gasteiger partial charge on any atom is 0.322 e. The number of nitrogens with zero attached hydrogens (tertiary/aromatic N) is 3. The minimum Gasteiger partial charge on any atom is -0.497 e. The van der Waals surface area contributed by atoms with E-state index in [0.717, 1.165) is 39.9 Å². The number of urea groups is 1. The number of nitrogens with one attached hydrogen (secondary N) is 1. The highest BCUT2D eigenvalue weighted by Gasteiger charge is 2.32. The number of hydrogen-bond donors (Lipinski definition) is 1. The molecule has 0 bridgehead atoms. The van der Waals surface area contributed by atoms with Gasteiger partial charge >= 0.3 is 6.03 Å². The topological polar surface area (TPSA) is 66.4 Å². The van der Waals surface area contributed by atoms with Crippen molar-refractivity contribution in [3.8, 4) is 17.2 Å². The van der Waals surface area contributed by atoms with Crippen LogP contribution in [-0.4, -0.2) is 54.5 Å². The molecule has 180 valence electrons. The Kier molecular flexibility index (Phi) is 6.26. The number of halogens is 1. The van der Waals surface area contributed by atoms with Gasteiger partial charge in [0.2, 0.25) is 0 Å². The van der Waals surface area contributed by atoms with Gasteiger partial charge in [0.25, 0.3) is 0 Å². The molecule has 2 aliphatic heterocycles. The van der Waals surface area contributed by atoms with Gasteiger partial charge in [0.15, 0.2) is 5.75 Å². The van der Waals surface area contributed by atoms with E-state index in [2.05, 4.69) is 10.2 Å². The molecule has 1 fully saturated rings. The zero-order valence-electron chi connectivity index (χ0n) is 19.9. The third-order valence-electron chi connectivity index (χ3n) is 6.25. The average molecular weight is 491 g/mol. The lowest BCUT2D eigenvalue weighted by atomic mass is 10.1. The van der Waals surface area contributed by atoms with E-state index in [9.17, 15) is 4.79 Å². The van der Waals surface area contributed by atoms with Gasteiger partial charge in [-0.15, -0.1) is 0 Å². The van der Waals surface area contributed by atoms with E-state index in [-0.39, 0.29) is 12.1 Å². The highest BCUT2D eigenvalue weighted by Crippen LogP contribution is 2.40. The summed E-state index contributed by atoms with van der Waals surface area (Å²) in [5.74, 6) is 2.99. The smallest absolute Gasteiger partial charge is 0.322 e. The number of carbonyl (C=O) groups excluding carboxylic acids is 1. The van der Waals surface area contributed by atoms with E-state index >= 15 is 0 Å². The van der Waals surface area contributed by atoms with Crippen LogP contribution in [0, 0.1) is 6.92 Å². The first kappa shape index (κ1) is 23.1. The molecular weight excluding hydrogens is 464 g/mol. The minimum atomic E-state index is -0.145. The number of ether oxygens (including phenoxy) is 2. The Hall–Kier alpha value is -3.71. The SMILES string of the molecule is COc1ccc2c(c1)C(N1CCN(C(=O)Nc3cccc(Cl)c3)C(C)C1)=Nc1ccc(C)cc1O2. The lowest BCUT2D eigenvalue weighted by Gasteiger charge is -2.41.